The van der Waals surface area contributed by atoms with E-state index in [1.807, 2.05) is 19.1 Å². The molecule has 0 amide bonds. The Morgan fingerprint density at radius 1 is 1.04 bits per heavy atom. The van der Waals surface area contributed by atoms with Crippen molar-refractivity contribution in [1.29, 1.82) is 0 Å². The Morgan fingerprint density at radius 3 is 2.33 bits per heavy atom. The fraction of sp³-hybridized carbons (Fsp3) is 0.412. The van der Waals surface area contributed by atoms with Gasteiger partial charge < -0.3 is 25.0 Å². The molecule has 0 saturated carbocycles. The first-order valence-corrected chi connectivity index (χ1v) is 8.10. The molecule has 1 aromatic carbocycles. The Labute approximate surface area is 142 Å². The van der Waals surface area contributed by atoms with Crippen LogP contribution in [0.15, 0.2) is 30.6 Å². The van der Waals surface area contributed by atoms with Crippen molar-refractivity contribution in [3.05, 3.63) is 30.6 Å². The quantitative estimate of drug-likeness (QED) is 0.896. The molecule has 2 N–H and O–H groups in total. The molecular formula is C17H23N5O2. The third-order valence-corrected chi connectivity index (χ3v) is 4.12. The van der Waals surface area contributed by atoms with Gasteiger partial charge in [0.2, 0.25) is 5.88 Å². The normalized spacial score (nSPS) is 14.6. The Morgan fingerprint density at radius 2 is 1.71 bits per heavy atom. The molecule has 128 valence electrons. The van der Waals surface area contributed by atoms with Gasteiger partial charge in [-0.15, -0.1) is 0 Å². The molecule has 0 unspecified atom stereocenters. The second kappa shape index (κ2) is 7.25. The average molecular weight is 329 g/mol. The topological polar surface area (TPSA) is 76.7 Å². The Balaban J connectivity index is 1.67. The highest BCUT2D eigenvalue weighted by Gasteiger charge is 2.21. The lowest BCUT2D eigenvalue weighted by Gasteiger charge is -2.37. The lowest BCUT2D eigenvalue weighted by Crippen LogP contribution is -2.47. The molecule has 7 nitrogen and oxygen atoms in total. The molecule has 0 aliphatic carbocycles. The van der Waals surface area contributed by atoms with Crippen LogP contribution in [-0.4, -0.2) is 49.9 Å². The largest absolute Gasteiger partial charge is 0.497 e. The van der Waals surface area contributed by atoms with Gasteiger partial charge in [0.25, 0.3) is 0 Å². The zero-order valence-electron chi connectivity index (χ0n) is 14.1. The lowest BCUT2D eigenvalue weighted by molar-refractivity contribution is 0.328. The summed E-state index contributed by atoms with van der Waals surface area (Å²) in [6, 6.07) is 8.14. The van der Waals surface area contributed by atoms with Gasteiger partial charge in [0.05, 0.1) is 13.7 Å². The average Bonchev–Trinajstić information content (AvgIpc) is 2.64. The highest BCUT2D eigenvalue weighted by atomic mass is 16.5. The van der Waals surface area contributed by atoms with E-state index in [1.165, 1.54) is 12.0 Å². The van der Waals surface area contributed by atoms with Crippen LogP contribution in [0.25, 0.3) is 0 Å². The first kappa shape index (κ1) is 16.2. The van der Waals surface area contributed by atoms with E-state index in [9.17, 15) is 0 Å². The fourth-order valence-corrected chi connectivity index (χ4v) is 2.84. The number of rotatable bonds is 5. The Hall–Kier alpha value is -2.70. The molecule has 2 heterocycles. The number of methoxy groups -OCH3 is 1. The molecule has 0 radical (unpaired) electrons. The summed E-state index contributed by atoms with van der Waals surface area (Å²) in [5.74, 6) is 2.08. The number of nitrogens with zero attached hydrogens (tertiary/aromatic N) is 4. The maximum absolute atomic E-state index is 6.16. The van der Waals surface area contributed by atoms with Crippen LogP contribution in [0.5, 0.6) is 11.6 Å². The second-order valence-electron chi connectivity index (χ2n) is 5.52. The van der Waals surface area contributed by atoms with Crippen molar-refractivity contribution in [3.8, 4) is 11.6 Å². The van der Waals surface area contributed by atoms with Crippen molar-refractivity contribution < 1.29 is 9.47 Å². The monoisotopic (exact) mass is 329 g/mol. The van der Waals surface area contributed by atoms with Crippen LogP contribution in [0.4, 0.5) is 17.2 Å². The molecule has 1 aromatic heterocycles. The summed E-state index contributed by atoms with van der Waals surface area (Å²) < 4.78 is 10.7. The van der Waals surface area contributed by atoms with Crippen molar-refractivity contribution in [2.24, 2.45) is 0 Å². The SMILES string of the molecule is CCOc1ncnc(N2CCN(c3ccc(OC)cc3)CC2)c1N. The highest BCUT2D eigenvalue weighted by molar-refractivity contribution is 5.68. The van der Waals surface area contributed by atoms with Crippen molar-refractivity contribution >= 4 is 17.2 Å². The number of aromatic nitrogens is 2. The summed E-state index contributed by atoms with van der Waals surface area (Å²) in [4.78, 5) is 13.0. The first-order chi connectivity index (χ1) is 11.7. The molecule has 7 heteroatoms. The van der Waals surface area contributed by atoms with Gasteiger partial charge in [0.1, 0.15) is 17.8 Å². The van der Waals surface area contributed by atoms with Gasteiger partial charge in [-0.2, -0.15) is 4.98 Å². The third kappa shape index (κ3) is 3.29. The number of hydrogen-bond donors (Lipinski definition) is 1. The lowest BCUT2D eigenvalue weighted by atomic mass is 10.2. The van der Waals surface area contributed by atoms with E-state index in [2.05, 4.69) is 31.9 Å². The molecule has 1 fully saturated rings. The van der Waals surface area contributed by atoms with Crippen molar-refractivity contribution in [1.82, 2.24) is 9.97 Å². The molecular weight excluding hydrogens is 306 g/mol. The molecule has 1 aliphatic rings. The predicted molar refractivity (Wildman–Crippen MR) is 95.0 cm³/mol. The number of benzene rings is 1. The second-order valence-corrected chi connectivity index (χ2v) is 5.52. The van der Waals surface area contributed by atoms with Crippen LogP contribution >= 0.6 is 0 Å². The first-order valence-electron chi connectivity index (χ1n) is 8.10. The van der Waals surface area contributed by atoms with Gasteiger partial charge in [-0.3, -0.25) is 0 Å². The van der Waals surface area contributed by atoms with Crippen LogP contribution in [-0.2, 0) is 0 Å². The summed E-state index contributed by atoms with van der Waals surface area (Å²) >= 11 is 0. The van der Waals surface area contributed by atoms with E-state index < -0.39 is 0 Å². The number of nitrogen functional groups attached to an aromatic ring is 1. The zero-order valence-corrected chi connectivity index (χ0v) is 14.1. The molecule has 3 rings (SSSR count). The molecule has 1 saturated heterocycles. The fourth-order valence-electron chi connectivity index (χ4n) is 2.84. The van der Waals surface area contributed by atoms with Crippen LogP contribution < -0.4 is 25.0 Å². The van der Waals surface area contributed by atoms with E-state index in [0.717, 1.165) is 37.7 Å². The standard InChI is InChI=1S/C17H23N5O2/c1-3-24-17-15(18)16(19-12-20-17)22-10-8-21(9-11-22)13-4-6-14(23-2)7-5-13/h4-7,12H,3,8-11,18H2,1-2H3. The maximum atomic E-state index is 6.16. The van der Waals surface area contributed by atoms with E-state index in [1.54, 1.807) is 7.11 Å². The molecule has 0 bridgehead atoms. The van der Waals surface area contributed by atoms with E-state index in [-0.39, 0.29) is 0 Å². The minimum Gasteiger partial charge on any atom is -0.497 e. The van der Waals surface area contributed by atoms with Gasteiger partial charge in [-0.05, 0) is 31.2 Å². The van der Waals surface area contributed by atoms with Crippen LogP contribution in [0.1, 0.15) is 6.92 Å². The number of hydrogen-bond acceptors (Lipinski definition) is 7. The predicted octanol–water partition coefficient (Wildman–Crippen LogP) is 1.79. The smallest absolute Gasteiger partial charge is 0.242 e. The summed E-state index contributed by atoms with van der Waals surface area (Å²) in [7, 11) is 1.68. The summed E-state index contributed by atoms with van der Waals surface area (Å²) in [5, 5.41) is 0. The van der Waals surface area contributed by atoms with Gasteiger partial charge in [-0.25, -0.2) is 4.98 Å². The van der Waals surface area contributed by atoms with Crippen molar-refractivity contribution in [3.63, 3.8) is 0 Å². The number of anilines is 3. The van der Waals surface area contributed by atoms with Crippen LogP contribution in [0.2, 0.25) is 0 Å². The van der Waals surface area contributed by atoms with Crippen LogP contribution in [0, 0.1) is 0 Å². The van der Waals surface area contributed by atoms with E-state index in [0.29, 0.717) is 18.2 Å². The maximum Gasteiger partial charge on any atom is 0.242 e. The summed E-state index contributed by atoms with van der Waals surface area (Å²) in [6.45, 7) is 5.94. The Kier molecular flexibility index (Phi) is 4.88. The van der Waals surface area contributed by atoms with E-state index >= 15 is 0 Å². The summed E-state index contributed by atoms with van der Waals surface area (Å²) in [6.07, 6.45) is 1.51. The van der Waals surface area contributed by atoms with Gasteiger partial charge in [0, 0.05) is 31.9 Å². The zero-order chi connectivity index (χ0) is 16.9. The number of nitrogens with two attached hydrogens (primary N) is 1. The molecule has 2 aromatic rings. The molecule has 0 atom stereocenters. The molecule has 24 heavy (non-hydrogen) atoms. The van der Waals surface area contributed by atoms with Crippen molar-refractivity contribution in [2.75, 3.05) is 55.4 Å². The van der Waals surface area contributed by atoms with Gasteiger partial charge in [0.15, 0.2) is 5.82 Å². The van der Waals surface area contributed by atoms with Crippen molar-refractivity contribution in [2.45, 2.75) is 6.92 Å². The van der Waals surface area contributed by atoms with Crippen LogP contribution in [0.3, 0.4) is 0 Å². The minimum atomic E-state index is 0.458. The van der Waals surface area contributed by atoms with Gasteiger partial charge >= 0.3 is 0 Å². The highest BCUT2D eigenvalue weighted by Crippen LogP contribution is 2.29. The number of piperazine rings is 1. The number of ether oxygens (including phenoxy) is 2. The summed E-state index contributed by atoms with van der Waals surface area (Å²) in [5.41, 5.74) is 7.87. The van der Waals surface area contributed by atoms with Gasteiger partial charge in [-0.1, -0.05) is 0 Å². The molecule has 0 spiro atoms. The van der Waals surface area contributed by atoms with E-state index in [4.69, 9.17) is 15.2 Å². The third-order valence-electron chi connectivity index (χ3n) is 4.12. The minimum absolute atomic E-state index is 0.458. The molecule has 1 aliphatic heterocycles. The Bertz CT molecular complexity index is 669.